The molecule has 0 saturated carbocycles. The van der Waals surface area contributed by atoms with E-state index in [4.69, 9.17) is 5.73 Å². The third-order valence-corrected chi connectivity index (χ3v) is 2.22. The van der Waals surface area contributed by atoms with Crippen LogP contribution >= 0.6 is 0 Å². The number of hydrogen-bond donors (Lipinski definition) is 3. The fraction of sp³-hybridized carbons (Fsp3) is 0.400. The molecule has 0 aliphatic rings. The summed E-state index contributed by atoms with van der Waals surface area (Å²) in [7, 11) is 0. The van der Waals surface area contributed by atoms with Gasteiger partial charge in [0, 0.05) is 25.4 Å². The van der Waals surface area contributed by atoms with E-state index in [9.17, 15) is 0 Å². The van der Waals surface area contributed by atoms with Gasteiger partial charge in [-0.15, -0.1) is 5.10 Å². The van der Waals surface area contributed by atoms with Crippen LogP contribution in [-0.4, -0.2) is 38.1 Å². The van der Waals surface area contributed by atoms with Gasteiger partial charge in [0.05, 0.1) is 12.7 Å². The second kappa shape index (κ2) is 5.80. The first-order chi connectivity index (χ1) is 8.78. The Morgan fingerprint density at radius 3 is 2.72 bits per heavy atom. The Hall–Kier alpha value is -2.38. The van der Waals surface area contributed by atoms with Crippen LogP contribution in [0.4, 0.5) is 17.6 Å². The minimum Gasteiger partial charge on any atom is -0.370 e. The molecule has 2 aromatic rings. The van der Waals surface area contributed by atoms with Crippen molar-refractivity contribution in [3.8, 4) is 0 Å². The lowest BCUT2D eigenvalue weighted by Crippen LogP contribution is -2.13. The normalized spacial score (nSPS) is 10.3. The molecule has 8 heteroatoms. The van der Waals surface area contributed by atoms with Crippen LogP contribution in [0.3, 0.4) is 0 Å². The summed E-state index contributed by atoms with van der Waals surface area (Å²) in [6.45, 7) is 4.18. The van der Waals surface area contributed by atoms with Crippen molar-refractivity contribution in [1.29, 1.82) is 0 Å². The highest BCUT2D eigenvalue weighted by molar-refractivity contribution is 5.50. The molecular formula is C10H16N8. The number of aromatic nitrogens is 5. The number of nitrogen functional groups attached to an aromatic ring is 1. The molecule has 96 valence electrons. The molecule has 2 aromatic heterocycles. The van der Waals surface area contributed by atoms with Crippen LogP contribution in [0.25, 0.3) is 0 Å². The van der Waals surface area contributed by atoms with Crippen molar-refractivity contribution < 1.29 is 0 Å². The molecule has 0 spiro atoms. The fourth-order valence-corrected chi connectivity index (χ4v) is 1.48. The largest absolute Gasteiger partial charge is 0.370 e. The van der Waals surface area contributed by atoms with Gasteiger partial charge >= 0.3 is 0 Å². The Labute approximate surface area is 105 Å². The predicted octanol–water partition coefficient (Wildman–Crippen LogP) is 0.194. The quantitative estimate of drug-likeness (QED) is 0.670. The molecule has 0 aliphatic carbocycles. The smallest absolute Gasteiger partial charge is 0.223 e. The molecule has 0 atom stereocenters. The van der Waals surface area contributed by atoms with E-state index >= 15 is 0 Å². The van der Waals surface area contributed by atoms with E-state index in [0.29, 0.717) is 24.7 Å². The van der Waals surface area contributed by atoms with Crippen molar-refractivity contribution in [2.24, 2.45) is 0 Å². The zero-order valence-corrected chi connectivity index (χ0v) is 10.2. The van der Waals surface area contributed by atoms with Crippen LogP contribution < -0.4 is 16.4 Å². The Kier molecular flexibility index (Phi) is 3.90. The third-order valence-electron chi connectivity index (χ3n) is 2.22. The highest BCUT2D eigenvalue weighted by Gasteiger charge is 2.01. The van der Waals surface area contributed by atoms with Gasteiger partial charge in [-0.25, -0.2) is 0 Å². The molecule has 0 saturated heterocycles. The molecule has 0 radical (unpaired) electrons. The molecule has 0 aromatic carbocycles. The van der Waals surface area contributed by atoms with Crippen molar-refractivity contribution in [3.05, 3.63) is 18.5 Å². The highest BCUT2D eigenvalue weighted by Crippen LogP contribution is 2.11. The molecule has 0 amide bonds. The van der Waals surface area contributed by atoms with Gasteiger partial charge in [0.1, 0.15) is 11.6 Å². The summed E-state index contributed by atoms with van der Waals surface area (Å²) in [5, 5.41) is 13.9. The standard InChI is InChI=1S/C10H16N8/c1-2-12-8-7-9(16-10(11)15-8)13-3-5-18-6-4-14-17-18/h4,6-7H,2-3,5H2,1H3,(H4,11,12,13,15,16). The lowest BCUT2D eigenvalue weighted by Gasteiger charge is -2.08. The predicted molar refractivity (Wildman–Crippen MR) is 69.1 cm³/mol. The van der Waals surface area contributed by atoms with Crippen molar-refractivity contribution in [1.82, 2.24) is 25.0 Å². The Morgan fingerprint density at radius 1 is 1.28 bits per heavy atom. The summed E-state index contributed by atoms with van der Waals surface area (Å²) in [6.07, 6.45) is 3.45. The molecule has 0 aliphatic heterocycles. The first-order valence-corrected chi connectivity index (χ1v) is 5.74. The molecule has 0 unspecified atom stereocenters. The van der Waals surface area contributed by atoms with Crippen molar-refractivity contribution in [3.63, 3.8) is 0 Å². The third kappa shape index (κ3) is 3.30. The maximum Gasteiger partial charge on any atom is 0.223 e. The first-order valence-electron chi connectivity index (χ1n) is 5.74. The monoisotopic (exact) mass is 248 g/mol. The number of nitrogens with two attached hydrogens (primary N) is 1. The minimum atomic E-state index is 0.247. The van der Waals surface area contributed by atoms with E-state index in [-0.39, 0.29) is 5.95 Å². The molecule has 4 N–H and O–H groups in total. The van der Waals surface area contributed by atoms with Gasteiger partial charge in [-0.3, -0.25) is 4.68 Å². The summed E-state index contributed by atoms with van der Waals surface area (Å²) in [6, 6.07) is 1.82. The van der Waals surface area contributed by atoms with Gasteiger partial charge in [-0.2, -0.15) is 9.97 Å². The average Bonchev–Trinajstić information content (AvgIpc) is 2.82. The molecular weight excluding hydrogens is 232 g/mol. The van der Waals surface area contributed by atoms with E-state index in [1.54, 1.807) is 17.1 Å². The summed E-state index contributed by atoms with van der Waals surface area (Å²) in [4.78, 5) is 8.17. The topological polar surface area (TPSA) is 107 Å². The molecule has 2 rings (SSSR count). The van der Waals surface area contributed by atoms with Crippen LogP contribution in [0.1, 0.15) is 6.92 Å². The average molecular weight is 248 g/mol. The molecule has 0 bridgehead atoms. The van der Waals surface area contributed by atoms with Crippen molar-refractivity contribution >= 4 is 17.6 Å². The van der Waals surface area contributed by atoms with Gasteiger partial charge in [0.25, 0.3) is 0 Å². The number of nitrogens with one attached hydrogen (secondary N) is 2. The van der Waals surface area contributed by atoms with E-state index in [0.717, 1.165) is 6.54 Å². The summed E-state index contributed by atoms with van der Waals surface area (Å²) in [5.74, 6) is 1.66. The minimum absolute atomic E-state index is 0.247. The summed E-state index contributed by atoms with van der Waals surface area (Å²) in [5.41, 5.74) is 5.63. The van der Waals surface area contributed by atoms with Crippen LogP contribution in [0.2, 0.25) is 0 Å². The van der Waals surface area contributed by atoms with Crippen LogP contribution in [0.5, 0.6) is 0 Å². The highest BCUT2D eigenvalue weighted by atomic mass is 15.4. The van der Waals surface area contributed by atoms with Gasteiger partial charge in [0.2, 0.25) is 5.95 Å². The van der Waals surface area contributed by atoms with Crippen LogP contribution in [0, 0.1) is 0 Å². The maximum absolute atomic E-state index is 5.63. The molecule has 0 fully saturated rings. The lowest BCUT2D eigenvalue weighted by molar-refractivity contribution is 0.608. The Morgan fingerprint density at radius 2 is 2.06 bits per heavy atom. The van der Waals surface area contributed by atoms with E-state index in [1.807, 2.05) is 13.0 Å². The first kappa shape index (κ1) is 12.1. The van der Waals surface area contributed by atoms with Crippen LogP contribution in [0.15, 0.2) is 18.5 Å². The van der Waals surface area contributed by atoms with Gasteiger partial charge in [-0.1, -0.05) is 5.21 Å². The number of nitrogens with zero attached hydrogens (tertiary/aromatic N) is 5. The summed E-state index contributed by atoms with van der Waals surface area (Å²) >= 11 is 0. The van der Waals surface area contributed by atoms with Gasteiger partial charge < -0.3 is 16.4 Å². The fourth-order valence-electron chi connectivity index (χ4n) is 1.48. The summed E-state index contributed by atoms with van der Waals surface area (Å²) < 4.78 is 1.74. The molecule has 18 heavy (non-hydrogen) atoms. The molecule has 8 nitrogen and oxygen atoms in total. The van der Waals surface area contributed by atoms with Gasteiger partial charge in [0.15, 0.2) is 0 Å². The second-order valence-corrected chi connectivity index (χ2v) is 3.62. The Balaban J connectivity index is 1.92. The SMILES string of the molecule is CCNc1cc(NCCn2ccnn2)nc(N)n1. The van der Waals surface area contributed by atoms with E-state index in [1.165, 1.54) is 0 Å². The molecule has 2 heterocycles. The number of rotatable bonds is 6. The zero-order valence-electron chi connectivity index (χ0n) is 10.2. The van der Waals surface area contributed by atoms with Crippen LogP contribution in [-0.2, 0) is 6.54 Å². The second-order valence-electron chi connectivity index (χ2n) is 3.62. The van der Waals surface area contributed by atoms with Crippen molar-refractivity contribution in [2.45, 2.75) is 13.5 Å². The maximum atomic E-state index is 5.63. The van der Waals surface area contributed by atoms with Crippen molar-refractivity contribution in [2.75, 3.05) is 29.5 Å². The van der Waals surface area contributed by atoms with Gasteiger partial charge in [-0.05, 0) is 6.92 Å². The van der Waals surface area contributed by atoms with E-state index < -0.39 is 0 Å². The lowest BCUT2D eigenvalue weighted by atomic mass is 10.5. The number of hydrogen-bond acceptors (Lipinski definition) is 7. The zero-order chi connectivity index (χ0) is 12.8. The Bertz CT molecular complexity index is 481. The van der Waals surface area contributed by atoms with E-state index in [2.05, 4.69) is 30.9 Å². The number of anilines is 3.